The van der Waals surface area contributed by atoms with Crippen LogP contribution in [0.1, 0.15) is 124 Å². The number of likely N-dealkylation sites (tertiary alicyclic amines) is 1. The van der Waals surface area contributed by atoms with Gasteiger partial charge in [0.1, 0.15) is 0 Å². The second-order valence-corrected chi connectivity index (χ2v) is 11.5. The topological polar surface area (TPSA) is 9.72 Å². The fourth-order valence-corrected chi connectivity index (χ4v) is 6.28. The summed E-state index contributed by atoms with van der Waals surface area (Å²) in [7, 11) is 0. The molecule has 3 atom stereocenters. The first-order chi connectivity index (χ1) is 16.2. The van der Waals surface area contributed by atoms with Crippen molar-refractivity contribution in [1.29, 1.82) is 0 Å². The molecule has 2 heterocycles. The minimum atomic E-state index is 0.829. The van der Waals surface area contributed by atoms with Crippen molar-refractivity contribution in [3.05, 3.63) is 0 Å². The molecule has 0 aliphatic carbocycles. The lowest BCUT2D eigenvalue weighted by molar-refractivity contribution is 0.0845. The van der Waals surface area contributed by atoms with Crippen LogP contribution < -0.4 is 0 Å². The number of unbranched alkanes of at least 4 members (excludes halogenated alkanes) is 7. The largest absolute Gasteiger partial charge is 0.301 e. The molecule has 196 valence electrons. The Balaban J connectivity index is 1.67. The van der Waals surface area contributed by atoms with Crippen molar-refractivity contribution >= 4 is 0 Å². The summed E-state index contributed by atoms with van der Waals surface area (Å²) in [6.45, 7) is 20.0. The van der Waals surface area contributed by atoms with Crippen LogP contribution in [0, 0.1) is 11.8 Å². The van der Waals surface area contributed by atoms with E-state index in [2.05, 4.69) is 42.4 Å². The molecule has 0 N–H and O–H groups in total. The zero-order valence-corrected chi connectivity index (χ0v) is 23.3. The highest BCUT2D eigenvalue weighted by Crippen LogP contribution is 2.24. The van der Waals surface area contributed by atoms with E-state index in [4.69, 9.17) is 0 Å². The van der Waals surface area contributed by atoms with Gasteiger partial charge in [0.25, 0.3) is 0 Å². The van der Waals surface area contributed by atoms with Gasteiger partial charge >= 0.3 is 0 Å². The summed E-state index contributed by atoms with van der Waals surface area (Å²) in [5.74, 6) is 1.87. The third-order valence-electron chi connectivity index (χ3n) is 8.68. The third-order valence-corrected chi connectivity index (χ3v) is 8.68. The van der Waals surface area contributed by atoms with E-state index in [0.29, 0.717) is 0 Å². The van der Waals surface area contributed by atoms with Gasteiger partial charge in [-0.25, -0.2) is 0 Å². The predicted molar refractivity (Wildman–Crippen MR) is 147 cm³/mol. The maximum Gasteiger partial charge on any atom is 0.0236 e. The van der Waals surface area contributed by atoms with E-state index in [9.17, 15) is 0 Å². The summed E-state index contributed by atoms with van der Waals surface area (Å²) in [6.07, 6.45) is 21.3. The molecule has 2 aliphatic heterocycles. The van der Waals surface area contributed by atoms with Gasteiger partial charge in [-0.2, -0.15) is 0 Å². The Hall–Kier alpha value is -0.120. The van der Waals surface area contributed by atoms with Crippen LogP contribution in [0.25, 0.3) is 0 Å². The summed E-state index contributed by atoms with van der Waals surface area (Å²) in [6, 6.07) is 0.829. The van der Waals surface area contributed by atoms with Gasteiger partial charge in [-0.15, -0.1) is 0 Å². The number of hydrogen-bond acceptors (Lipinski definition) is 3. The van der Waals surface area contributed by atoms with Crippen molar-refractivity contribution in [3.63, 3.8) is 0 Å². The summed E-state index contributed by atoms with van der Waals surface area (Å²) in [5.41, 5.74) is 0. The van der Waals surface area contributed by atoms with Crippen molar-refractivity contribution in [2.75, 3.05) is 52.4 Å². The van der Waals surface area contributed by atoms with Gasteiger partial charge in [0, 0.05) is 51.9 Å². The molecule has 0 bridgehead atoms. The van der Waals surface area contributed by atoms with E-state index >= 15 is 0 Å². The van der Waals surface area contributed by atoms with Crippen LogP contribution in [0.2, 0.25) is 0 Å². The number of nitrogens with zero attached hydrogens (tertiary/aromatic N) is 3. The lowest BCUT2D eigenvalue weighted by atomic mass is 9.94. The first kappa shape index (κ1) is 29.1. The molecule has 2 unspecified atom stereocenters. The Morgan fingerprint density at radius 3 is 1.76 bits per heavy atom. The Kier molecular flexibility index (Phi) is 16.0. The molecule has 0 spiro atoms. The third kappa shape index (κ3) is 11.9. The average molecular weight is 464 g/mol. The summed E-state index contributed by atoms with van der Waals surface area (Å²) < 4.78 is 0. The number of piperazine rings is 1. The summed E-state index contributed by atoms with van der Waals surface area (Å²) in [5, 5.41) is 0. The normalized spacial score (nSPS) is 22.7. The predicted octanol–water partition coefficient (Wildman–Crippen LogP) is 7.45. The maximum absolute atomic E-state index is 2.85. The highest BCUT2D eigenvalue weighted by atomic mass is 15.3. The van der Waals surface area contributed by atoms with Crippen LogP contribution in [0.3, 0.4) is 0 Å². The fourth-order valence-electron chi connectivity index (χ4n) is 6.28. The zero-order chi connectivity index (χ0) is 23.7. The van der Waals surface area contributed by atoms with E-state index in [-0.39, 0.29) is 0 Å². The SMILES string of the molecule is CCCCCCC(CC)CN1CCN([C@@H]2CCN(CC(CCCC)CCCCCC)C2)CC1. The molecule has 0 saturated carbocycles. The van der Waals surface area contributed by atoms with Crippen LogP contribution in [0.15, 0.2) is 0 Å². The van der Waals surface area contributed by atoms with Gasteiger partial charge in [0.05, 0.1) is 0 Å². The van der Waals surface area contributed by atoms with Crippen LogP contribution >= 0.6 is 0 Å². The Bertz CT molecular complexity index is 446. The minimum absolute atomic E-state index is 0.829. The van der Waals surface area contributed by atoms with Crippen molar-refractivity contribution in [2.24, 2.45) is 11.8 Å². The second kappa shape index (κ2) is 18.2. The molecular weight excluding hydrogens is 402 g/mol. The number of hydrogen-bond donors (Lipinski definition) is 0. The van der Waals surface area contributed by atoms with Gasteiger partial charge in [0.2, 0.25) is 0 Å². The Morgan fingerprint density at radius 1 is 0.576 bits per heavy atom. The van der Waals surface area contributed by atoms with Gasteiger partial charge < -0.3 is 9.80 Å². The van der Waals surface area contributed by atoms with Gasteiger partial charge in [0.15, 0.2) is 0 Å². The average Bonchev–Trinajstić information content (AvgIpc) is 3.31. The monoisotopic (exact) mass is 463 g/mol. The lowest BCUT2D eigenvalue weighted by Crippen LogP contribution is -2.51. The molecule has 0 aromatic heterocycles. The van der Waals surface area contributed by atoms with Crippen LogP contribution in [0.4, 0.5) is 0 Å². The van der Waals surface area contributed by atoms with Crippen molar-refractivity contribution in [2.45, 2.75) is 130 Å². The van der Waals surface area contributed by atoms with Crippen LogP contribution in [-0.4, -0.2) is 73.1 Å². The molecule has 2 fully saturated rings. The molecule has 2 saturated heterocycles. The Labute approximate surface area is 209 Å². The molecule has 0 amide bonds. The highest BCUT2D eigenvalue weighted by molar-refractivity contribution is 4.87. The molecule has 2 rings (SSSR count). The van der Waals surface area contributed by atoms with Gasteiger partial charge in [-0.05, 0) is 44.1 Å². The van der Waals surface area contributed by atoms with Crippen LogP contribution in [-0.2, 0) is 0 Å². The Morgan fingerprint density at radius 2 is 1.15 bits per heavy atom. The zero-order valence-electron chi connectivity index (χ0n) is 23.3. The molecule has 0 radical (unpaired) electrons. The smallest absolute Gasteiger partial charge is 0.0236 e. The lowest BCUT2D eigenvalue weighted by Gasteiger charge is -2.39. The fraction of sp³-hybridized carbons (Fsp3) is 1.00. The standard InChI is InChI=1S/C30H61N3/c1-5-9-12-14-17-28(8-4)25-31-21-23-33(24-22-31)30-19-20-32(27-30)26-29(16-11-7-3)18-15-13-10-6-2/h28-30H,5-27H2,1-4H3/t28?,29?,30-/m1/s1. The maximum atomic E-state index is 2.85. The highest BCUT2D eigenvalue weighted by Gasteiger charge is 2.31. The van der Waals surface area contributed by atoms with E-state index in [1.807, 2.05) is 0 Å². The summed E-state index contributed by atoms with van der Waals surface area (Å²) >= 11 is 0. The van der Waals surface area contributed by atoms with E-state index < -0.39 is 0 Å². The first-order valence-electron chi connectivity index (χ1n) is 15.4. The van der Waals surface area contributed by atoms with Gasteiger partial charge in [-0.1, -0.05) is 98.3 Å². The molecule has 33 heavy (non-hydrogen) atoms. The van der Waals surface area contributed by atoms with Crippen LogP contribution in [0.5, 0.6) is 0 Å². The molecule has 0 aromatic carbocycles. The minimum Gasteiger partial charge on any atom is -0.301 e. The second-order valence-electron chi connectivity index (χ2n) is 11.5. The molecule has 3 nitrogen and oxygen atoms in total. The molecule has 3 heteroatoms. The van der Waals surface area contributed by atoms with Gasteiger partial charge in [-0.3, -0.25) is 4.90 Å². The van der Waals surface area contributed by atoms with E-state index in [1.165, 1.54) is 149 Å². The molecule has 0 aromatic rings. The van der Waals surface area contributed by atoms with Crippen molar-refractivity contribution < 1.29 is 0 Å². The summed E-state index contributed by atoms with van der Waals surface area (Å²) in [4.78, 5) is 8.47. The molecular formula is C30H61N3. The van der Waals surface area contributed by atoms with E-state index in [0.717, 1.165) is 17.9 Å². The number of rotatable bonds is 19. The first-order valence-corrected chi connectivity index (χ1v) is 15.4. The quantitative estimate of drug-likeness (QED) is 0.184. The van der Waals surface area contributed by atoms with Crippen molar-refractivity contribution in [3.8, 4) is 0 Å². The van der Waals surface area contributed by atoms with E-state index in [1.54, 1.807) is 0 Å². The van der Waals surface area contributed by atoms with Crippen molar-refractivity contribution in [1.82, 2.24) is 14.7 Å². The molecule has 2 aliphatic rings.